The fourth-order valence-corrected chi connectivity index (χ4v) is 3.31. The Balaban J connectivity index is 1.70. The van der Waals surface area contributed by atoms with Crippen molar-refractivity contribution in [3.8, 4) is 5.75 Å². The summed E-state index contributed by atoms with van der Waals surface area (Å²) in [4.78, 5) is 17.1. The predicted molar refractivity (Wildman–Crippen MR) is 105 cm³/mol. The molecule has 29 heavy (non-hydrogen) atoms. The van der Waals surface area contributed by atoms with E-state index < -0.39 is 9.84 Å². The molecule has 0 saturated carbocycles. The summed E-state index contributed by atoms with van der Waals surface area (Å²) in [6.45, 7) is 3.57. The van der Waals surface area contributed by atoms with Gasteiger partial charge in [0.1, 0.15) is 5.75 Å². The second kappa shape index (κ2) is 8.44. The fraction of sp³-hybridized carbons (Fsp3) is 0.250. The van der Waals surface area contributed by atoms with Crippen LogP contribution >= 0.6 is 0 Å². The normalized spacial score (nSPS) is 12.4. The summed E-state index contributed by atoms with van der Waals surface area (Å²) in [6.07, 6.45) is 1.15. The molecule has 1 atom stereocenters. The van der Waals surface area contributed by atoms with Gasteiger partial charge in [-0.3, -0.25) is 4.79 Å². The molecule has 9 heteroatoms. The Labute approximate surface area is 168 Å². The SMILES string of the molecule is Cc1nc(COc2ccccc2C(=O)N[C@H](C)c2ccc(S(C)(=O)=O)cc2)no1. The van der Waals surface area contributed by atoms with Crippen molar-refractivity contribution in [2.75, 3.05) is 6.26 Å². The summed E-state index contributed by atoms with van der Waals surface area (Å²) in [5, 5.41) is 6.66. The Morgan fingerprint density at radius 3 is 2.48 bits per heavy atom. The first kappa shape index (κ1) is 20.5. The molecule has 0 bridgehead atoms. The second-order valence-corrected chi connectivity index (χ2v) is 8.57. The van der Waals surface area contributed by atoms with Gasteiger partial charge in [-0.05, 0) is 36.8 Å². The second-order valence-electron chi connectivity index (χ2n) is 6.55. The maximum atomic E-state index is 12.8. The van der Waals surface area contributed by atoms with Crippen LogP contribution in [0.25, 0.3) is 0 Å². The zero-order chi connectivity index (χ0) is 21.0. The van der Waals surface area contributed by atoms with Crippen molar-refractivity contribution in [3.05, 3.63) is 71.4 Å². The Morgan fingerprint density at radius 1 is 1.17 bits per heavy atom. The number of hydrogen-bond donors (Lipinski definition) is 1. The highest BCUT2D eigenvalue weighted by atomic mass is 32.2. The summed E-state index contributed by atoms with van der Waals surface area (Å²) in [6, 6.07) is 12.9. The smallest absolute Gasteiger partial charge is 0.255 e. The average Bonchev–Trinajstić information content (AvgIpc) is 3.11. The van der Waals surface area contributed by atoms with E-state index in [1.165, 1.54) is 12.1 Å². The molecule has 1 aromatic heterocycles. The molecule has 1 amide bonds. The summed E-state index contributed by atoms with van der Waals surface area (Å²) >= 11 is 0. The van der Waals surface area contributed by atoms with Crippen LogP contribution in [0.4, 0.5) is 0 Å². The summed E-state index contributed by atoms with van der Waals surface area (Å²) in [5.41, 5.74) is 1.15. The van der Waals surface area contributed by atoms with Crippen molar-refractivity contribution in [1.82, 2.24) is 15.5 Å². The number of nitrogens with zero attached hydrogens (tertiary/aromatic N) is 2. The van der Waals surface area contributed by atoms with Gasteiger partial charge in [0.05, 0.1) is 16.5 Å². The lowest BCUT2D eigenvalue weighted by molar-refractivity contribution is 0.0935. The first-order valence-corrected chi connectivity index (χ1v) is 10.7. The molecule has 1 N–H and O–H groups in total. The van der Waals surface area contributed by atoms with Crippen molar-refractivity contribution < 1.29 is 22.5 Å². The van der Waals surface area contributed by atoms with Crippen LogP contribution in [0.2, 0.25) is 0 Å². The number of benzene rings is 2. The van der Waals surface area contributed by atoms with E-state index in [2.05, 4.69) is 15.5 Å². The fourth-order valence-electron chi connectivity index (χ4n) is 2.68. The van der Waals surface area contributed by atoms with Crippen LogP contribution in [-0.2, 0) is 16.4 Å². The Morgan fingerprint density at radius 2 is 1.86 bits per heavy atom. The minimum absolute atomic E-state index is 0.0736. The molecule has 0 saturated heterocycles. The summed E-state index contributed by atoms with van der Waals surface area (Å²) in [7, 11) is -3.27. The van der Waals surface area contributed by atoms with Gasteiger partial charge in [0, 0.05) is 13.2 Å². The number of aryl methyl sites for hydroxylation is 1. The Hall–Kier alpha value is -3.20. The van der Waals surface area contributed by atoms with Gasteiger partial charge in [-0.1, -0.05) is 29.4 Å². The van der Waals surface area contributed by atoms with Crippen LogP contribution in [0.1, 0.15) is 40.6 Å². The quantitative estimate of drug-likeness (QED) is 0.631. The molecule has 3 rings (SSSR count). The van der Waals surface area contributed by atoms with Crippen LogP contribution in [0, 0.1) is 6.92 Å². The molecule has 152 valence electrons. The first-order valence-electron chi connectivity index (χ1n) is 8.86. The zero-order valence-electron chi connectivity index (χ0n) is 16.2. The number of ether oxygens (including phenoxy) is 1. The molecule has 0 spiro atoms. The highest BCUT2D eigenvalue weighted by molar-refractivity contribution is 7.90. The van der Waals surface area contributed by atoms with Gasteiger partial charge < -0.3 is 14.6 Å². The van der Waals surface area contributed by atoms with E-state index in [1.807, 2.05) is 6.92 Å². The third kappa shape index (κ3) is 5.20. The van der Waals surface area contributed by atoms with E-state index in [0.29, 0.717) is 23.0 Å². The van der Waals surface area contributed by atoms with Gasteiger partial charge in [0.15, 0.2) is 16.4 Å². The maximum Gasteiger partial charge on any atom is 0.255 e. The minimum atomic E-state index is -3.27. The highest BCUT2D eigenvalue weighted by Gasteiger charge is 2.17. The van der Waals surface area contributed by atoms with E-state index in [1.54, 1.807) is 43.3 Å². The summed E-state index contributed by atoms with van der Waals surface area (Å²) < 4.78 is 33.8. The Kier molecular flexibility index (Phi) is 5.97. The van der Waals surface area contributed by atoms with E-state index in [-0.39, 0.29) is 23.5 Å². The van der Waals surface area contributed by atoms with Gasteiger partial charge in [-0.15, -0.1) is 0 Å². The van der Waals surface area contributed by atoms with E-state index in [0.717, 1.165) is 11.8 Å². The monoisotopic (exact) mass is 415 g/mol. The van der Waals surface area contributed by atoms with E-state index in [4.69, 9.17) is 9.26 Å². The molecular weight excluding hydrogens is 394 g/mol. The number of rotatable bonds is 7. The number of hydrogen-bond acceptors (Lipinski definition) is 7. The highest BCUT2D eigenvalue weighted by Crippen LogP contribution is 2.21. The maximum absolute atomic E-state index is 12.8. The molecule has 1 heterocycles. The van der Waals surface area contributed by atoms with Gasteiger partial charge >= 0.3 is 0 Å². The van der Waals surface area contributed by atoms with Crippen LogP contribution < -0.4 is 10.1 Å². The zero-order valence-corrected chi connectivity index (χ0v) is 17.1. The van der Waals surface area contributed by atoms with Crippen molar-refractivity contribution in [2.45, 2.75) is 31.4 Å². The number of aromatic nitrogens is 2. The van der Waals surface area contributed by atoms with Crippen LogP contribution in [0.3, 0.4) is 0 Å². The molecule has 3 aromatic rings. The van der Waals surface area contributed by atoms with Crippen LogP contribution in [-0.4, -0.2) is 30.7 Å². The number of sulfone groups is 1. The van der Waals surface area contributed by atoms with Crippen molar-refractivity contribution in [2.24, 2.45) is 0 Å². The Bertz CT molecular complexity index is 1110. The third-order valence-electron chi connectivity index (χ3n) is 4.21. The van der Waals surface area contributed by atoms with Crippen molar-refractivity contribution in [1.29, 1.82) is 0 Å². The third-order valence-corrected chi connectivity index (χ3v) is 5.34. The van der Waals surface area contributed by atoms with Gasteiger partial charge in [-0.2, -0.15) is 4.98 Å². The topological polar surface area (TPSA) is 111 Å². The number of carbonyl (C=O) groups excluding carboxylic acids is 1. The van der Waals surface area contributed by atoms with Gasteiger partial charge in [0.25, 0.3) is 5.91 Å². The minimum Gasteiger partial charge on any atom is -0.485 e. The van der Waals surface area contributed by atoms with Crippen molar-refractivity contribution >= 4 is 15.7 Å². The largest absolute Gasteiger partial charge is 0.485 e. The van der Waals surface area contributed by atoms with E-state index >= 15 is 0 Å². The summed E-state index contributed by atoms with van der Waals surface area (Å²) in [5.74, 6) is 0.902. The van der Waals surface area contributed by atoms with Crippen LogP contribution in [0.15, 0.2) is 57.9 Å². The molecule has 2 aromatic carbocycles. The lowest BCUT2D eigenvalue weighted by Crippen LogP contribution is -2.27. The lowest BCUT2D eigenvalue weighted by Gasteiger charge is -2.16. The molecule has 0 aliphatic heterocycles. The number of amides is 1. The van der Waals surface area contributed by atoms with Gasteiger partial charge in [-0.25, -0.2) is 8.42 Å². The standard InChI is InChI=1S/C20H21N3O5S/c1-13(15-8-10-16(11-9-15)29(3,25)26)21-20(24)17-6-4-5-7-18(17)27-12-19-22-14(2)28-23-19/h4-11,13H,12H2,1-3H3,(H,21,24)/t13-/m1/s1. The average molecular weight is 415 g/mol. The molecule has 0 aliphatic carbocycles. The predicted octanol–water partition coefficient (Wildman–Crippen LogP) is 2.85. The number of nitrogens with one attached hydrogen (secondary N) is 1. The van der Waals surface area contributed by atoms with E-state index in [9.17, 15) is 13.2 Å². The van der Waals surface area contributed by atoms with Crippen molar-refractivity contribution in [3.63, 3.8) is 0 Å². The molecule has 0 aliphatic rings. The molecule has 8 nitrogen and oxygen atoms in total. The lowest BCUT2D eigenvalue weighted by atomic mass is 10.1. The molecule has 0 unspecified atom stereocenters. The number of para-hydroxylation sites is 1. The first-order chi connectivity index (χ1) is 13.7. The molecular formula is C20H21N3O5S. The molecule has 0 radical (unpaired) electrons. The van der Waals surface area contributed by atoms with Gasteiger partial charge in [0.2, 0.25) is 11.7 Å². The molecule has 0 fully saturated rings. The van der Waals surface area contributed by atoms with Crippen LogP contribution in [0.5, 0.6) is 5.75 Å². The number of carbonyl (C=O) groups is 1.